The van der Waals surface area contributed by atoms with E-state index in [1.807, 2.05) is 12.4 Å². The van der Waals surface area contributed by atoms with Crippen LogP contribution >= 0.6 is 11.3 Å². The number of pyridine rings is 1. The second kappa shape index (κ2) is 5.73. The highest BCUT2D eigenvalue weighted by atomic mass is 32.1. The maximum Gasteiger partial charge on any atom is 0.194 e. The summed E-state index contributed by atoms with van der Waals surface area (Å²) in [5, 5.41) is 5.66. The standard InChI is InChI=1S/C15H18N4S/c1-11-10-20-15-18-12(2)14(19(11)15)9-17-8-5-13-3-6-16-7-4-13/h3-4,6-7,10,17H,5,8-9H2,1-2H3. The van der Waals surface area contributed by atoms with Crippen molar-refractivity contribution in [3.8, 4) is 0 Å². The molecule has 0 radical (unpaired) electrons. The Labute approximate surface area is 122 Å². The van der Waals surface area contributed by atoms with Gasteiger partial charge < -0.3 is 5.32 Å². The Kier molecular flexibility index (Phi) is 3.80. The van der Waals surface area contributed by atoms with Gasteiger partial charge in [-0.25, -0.2) is 4.98 Å². The first-order valence-electron chi connectivity index (χ1n) is 6.77. The smallest absolute Gasteiger partial charge is 0.194 e. The fraction of sp³-hybridized carbons (Fsp3) is 0.333. The summed E-state index contributed by atoms with van der Waals surface area (Å²) in [4.78, 5) is 9.73. The zero-order valence-corrected chi connectivity index (χ0v) is 12.6. The minimum absolute atomic E-state index is 0.857. The average Bonchev–Trinajstić information content (AvgIpc) is 2.96. The number of thiazole rings is 1. The molecule has 1 N–H and O–H groups in total. The van der Waals surface area contributed by atoms with E-state index in [-0.39, 0.29) is 0 Å². The fourth-order valence-electron chi connectivity index (χ4n) is 2.36. The summed E-state index contributed by atoms with van der Waals surface area (Å²) in [6.07, 6.45) is 4.70. The summed E-state index contributed by atoms with van der Waals surface area (Å²) in [5.74, 6) is 0. The molecule has 0 amide bonds. The highest BCUT2D eigenvalue weighted by Crippen LogP contribution is 2.20. The molecule has 0 saturated carbocycles. The summed E-state index contributed by atoms with van der Waals surface area (Å²) in [6, 6.07) is 4.12. The molecule has 3 aromatic rings. The van der Waals surface area contributed by atoms with E-state index in [1.165, 1.54) is 17.0 Å². The predicted octanol–water partition coefficient (Wildman–Crippen LogP) is 2.74. The van der Waals surface area contributed by atoms with Gasteiger partial charge in [0.1, 0.15) is 0 Å². The first-order valence-corrected chi connectivity index (χ1v) is 7.65. The van der Waals surface area contributed by atoms with Crippen molar-refractivity contribution in [1.29, 1.82) is 0 Å². The number of hydrogen-bond donors (Lipinski definition) is 1. The van der Waals surface area contributed by atoms with Crippen LogP contribution in [0.1, 0.15) is 22.6 Å². The van der Waals surface area contributed by atoms with E-state index in [2.05, 4.69) is 51.0 Å². The van der Waals surface area contributed by atoms with Gasteiger partial charge in [0.15, 0.2) is 4.96 Å². The molecule has 5 heteroatoms. The SMILES string of the molecule is Cc1nc2scc(C)n2c1CNCCc1ccncc1. The average molecular weight is 286 g/mol. The van der Waals surface area contributed by atoms with Crippen LogP contribution in [0.2, 0.25) is 0 Å². The second-order valence-corrected chi connectivity index (χ2v) is 5.76. The summed E-state index contributed by atoms with van der Waals surface area (Å²) in [7, 11) is 0. The maximum absolute atomic E-state index is 4.60. The molecule has 0 bridgehead atoms. The van der Waals surface area contributed by atoms with Crippen molar-refractivity contribution in [3.63, 3.8) is 0 Å². The van der Waals surface area contributed by atoms with Crippen LogP contribution in [0.3, 0.4) is 0 Å². The highest BCUT2D eigenvalue weighted by Gasteiger charge is 2.11. The Bertz CT molecular complexity index is 699. The summed E-state index contributed by atoms with van der Waals surface area (Å²) >= 11 is 1.70. The molecule has 104 valence electrons. The van der Waals surface area contributed by atoms with E-state index in [1.54, 1.807) is 11.3 Å². The number of aromatic nitrogens is 3. The van der Waals surface area contributed by atoms with E-state index in [0.717, 1.165) is 30.2 Å². The molecule has 0 aliphatic carbocycles. The summed E-state index contributed by atoms with van der Waals surface area (Å²) in [6.45, 7) is 6.03. The largest absolute Gasteiger partial charge is 0.311 e. The lowest BCUT2D eigenvalue weighted by atomic mass is 10.2. The highest BCUT2D eigenvalue weighted by molar-refractivity contribution is 7.15. The molecule has 20 heavy (non-hydrogen) atoms. The van der Waals surface area contributed by atoms with E-state index in [9.17, 15) is 0 Å². The third-order valence-electron chi connectivity index (χ3n) is 3.46. The molecule has 0 spiro atoms. The van der Waals surface area contributed by atoms with E-state index in [0.29, 0.717) is 0 Å². The van der Waals surface area contributed by atoms with Crippen molar-refractivity contribution in [1.82, 2.24) is 19.7 Å². The molecule has 0 atom stereocenters. The van der Waals surface area contributed by atoms with Gasteiger partial charge >= 0.3 is 0 Å². The van der Waals surface area contributed by atoms with Gasteiger partial charge in [-0.1, -0.05) is 0 Å². The first kappa shape index (κ1) is 13.3. The van der Waals surface area contributed by atoms with Crippen LogP contribution in [0.5, 0.6) is 0 Å². The molecular weight excluding hydrogens is 268 g/mol. The molecule has 3 rings (SSSR count). The van der Waals surface area contributed by atoms with Crippen molar-refractivity contribution < 1.29 is 0 Å². The quantitative estimate of drug-likeness (QED) is 0.733. The van der Waals surface area contributed by atoms with Crippen LogP contribution in [-0.4, -0.2) is 20.9 Å². The van der Waals surface area contributed by atoms with Crippen LogP contribution in [0, 0.1) is 13.8 Å². The van der Waals surface area contributed by atoms with Gasteiger partial charge in [-0.3, -0.25) is 9.38 Å². The molecule has 0 unspecified atom stereocenters. The van der Waals surface area contributed by atoms with Gasteiger partial charge in [0.05, 0.1) is 11.4 Å². The van der Waals surface area contributed by atoms with E-state index in [4.69, 9.17) is 0 Å². The molecule has 0 saturated heterocycles. The van der Waals surface area contributed by atoms with Crippen LogP contribution in [-0.2, 0) is 13.0 Å². The number of fused-ring (bicyclic) bond motifs is 1. The minimum atomic E-state index is 0.857. The normalized spacial score (nSPS) is 11.3. The van der Waals surface area contributed by atoms with Crippen LogP contribution in [0.4, 0.5) is 0 Å². The Morgan fingerprint density at radius 2 is 2.05 bits per heavy atom. The third-order valence-corrected chi connectivity index (χ3v) is 4.41. The third kappa shape index (κ3) is 2.59. The lowest BCUT2D eigenvalue weighted by molar-refractivity contribution is 0.666. The predicted molar refractivity (Wildman–Crippen MR) is 82.2 cm³/mol. The van der Waals surface area contributed by atoms with E-state index >= 15 is 0 Å². The Balaban J connectivity index is 1.63. The molecule has 3 aromatic heterocycles. The van der Waals surface area contributed by atoms with Crippen molar-refractivity contribution in [2.45, 2.75) is 26.8 Å². The molecule has 0 aromatic carbocycles. The monoisotopic (exact) mass is 286 g/mol. The number of nitrogens with zero attached hydrogens (tertiary/aromatic N) is 3. The van der Waals surface area contributed by atoms with Crippen molar-refractivity contribution in [2.75, 3.05) is 6.54 Å². The molecule has 0 aliphatic rings. The zero-order valence-electron chi connectivity index (χ0n) is 11.8. The fourth-order valence-corrected chi connectivity index (χ4v) is 3.30. The topological polar surface area (TPSA) is 42.2 Å². The number of nitrogens with one attached hydrogen (secondary N) is 1. The van der Waals surface area contributed by atoms with Gasteiger partial charge in [0.2, 0.25) is 0 Å². The molecule has 4 nitrogen and oxygen atoms in total. The number of rotatable bonds is 5. The van der Waals surface area contributed by atoms with Crippen molar-refractivity contribution in [3.05, 3.63) is 52.6 Å². The van der Waals surface area contributed by atoms with Crippen molar-refractivity contribution in [2.24, 2.45) is 0 Å². The first-order chi connectivity index (χ1) is 9.75. The van der Waals surface area contributed by atoms with Gasteiger partial charge in [0.25, 0.3) is 0 Å². The maximum atomic E-state index is 4.60. The zero-order chi connectivity index (χ0) is 13.9. The minimum Gasteiger partial charge on any atom is -0.311 e. The summed E-state index contributed by atoms with van der Waals surface area (Å²) < 4.78 is 2.25. The summed E-state index contributed by atoms with van der Waals surface area (Å²) in [5.41, 5.74) is 4.97. The number of aryl methyl sites for hydroxylation is 2. The Hall–Kier alpha value is -1.72. The van der Waals surface area contributed by atoms with E-state index < -0.39 is 0 Å². The van der Waals surface area contributed by atoms with Gasteiger partial charge in [-0.05, 0) is 44.5 Å². The Morgan fingerprint density at radius 3 is 2.85 bits per heavy atom. The molecule has 3 heterocycles. The lowest BCUT2D eigenvalue weighted by Gasteiger charge is -2.06. The Morgan fingerprint density at radius 1 is 1.25 bits per heavy atom. The lowest BCUT2D eigenvalue weighted by Crippen LogP contribution is -2.18. The van der Waals surface area contributed by atoms with Crippen LogP contribution in [0.15, 0.2) is 29.9 Å². The van der Waals surface area contributed by atoms with Gasteiger partial charge in [-0.2, -0.15) is 0 Å². The van der Waals surface area contributed by atoms with Crippen LogP contribution < -0.4 is 5.32 Å². The second-order valence-electron chi connectivity index (χ2n) is 4.92. The molecule has 0 fully saturated rings. The molecular formula is C15H18N4S. The van der Waals surface area contributed by atoms with Crippen LogP contribution in [0.25, 0.3) is 4.96 Å². The molecule has 0 aliphatic heterocycles. The number of imidazole rings is 1. The van der Waals surface area contributed by atoms with Crippen molar-refractivity contribution >= 4 is 16.3 Å². The van der Waals surface area contributed by atoms with Gasteiger partial charge in [-0.15, -0.1) is 11.3 Å². The van der Waals surface area contributed by atoms with Gasteiger partial charge in [0, 0.05) is 30.0 Å². The number of hydrogen-bond acceptors (Lipinski definition) is 4.